The van der Waals surface area contributed by atoms with Crippen LogP contribution in [0.15, 0.2) is 76.2 Å². The van der Waals surface area contributed by atoms with Crippen LogP contribution in [0.25, 0.3) is 11.0 Å². The zero-order chi connectivity index (χ0) is 19.3. The summed E-state index contributed by atoms with van der Waals surface area (Å²) in [5, 5.41) is 0.454. The first-order chi connectivity index (χ1) is 13.6. The summed E-state index contributed by atoms with van der Waals surface area (Å²) in [4.78, 5) is 36.9. The van der Waals surface area contributed by atoms with Crippen molar-refractivity contribution in [1.82, 2.24) is 9.97 Å². The third-order valence-corrected chi connectivity index (χ3v) is 4.89. The zero-order valence-electron chi connectivity index (χ0n) is 15.0. The summed E-state index contributed by atoms with van der Waals surface area (Å²) in [6.45, 7) is 1.91. The van der Waals surface area contributed by atoms with E-state index in [1.165, 1.54) is 4.90 Å². The first kappa shape index (κ1) is 16.4. The second-order valence-corrected chi connectivity index (χ2v) is 6.69. The van der Waals surface area contributed by atoms with E-state index in [2.05, 4.69) is 9.97 Å². The van der Waals surface area contributed by atoms with Crippen LogP contribution in [0.2, 0.25) is 0 Å². The van der Waals surface area contributed by atoms with Crippen LogP contribution >= 0.6 is 0 Å². The van der Waals surface area contributed by atoms with Gasteiger partial charge in [0.25, 0.3) is 5.91 Å². The van der Waals surface area contributed by atoms with Gasteiger partial charge in [0.1, 0.15) is 17.4 Å². The number of hydrogen-bond donors (Lipinski definition) is 0. The molecule has 0 aliphatic carbocycles. The number of carbonyl (C=O) groups excluding carboxylic acids is 1. The lowest BCUT2D eigenvalue weighted by Gasteiger charge is -2.23. The van der Waals surface area contributed by atoms with E-state index in [4.69, 9.17) is 4.42 Å². The van der Waals surface area contributed by atoms with Gasteiger partial charge >= 0.3 is 0 Å². The Bertz CT molecular complexity index is 1270. The number of aryl methyl sites for hydroxylation is 1. The van der Waals surface area contributed by atoms with E-state index in [0.717, 1.165) is 5.56 Å². The second-order valence-electron chi connectivity index (χ2n) is 6.69. The van der Waals surface area contributed by atoms with E-state index in [-0.39, 0.29) is 11.2 Å². The highest BCUT2D eigenvalue weighted by atomic mass is 16.3. The van der Waals surface area contributed by atoms with Gasteiger partial charge in [-0.25, -0.2) is 4.98 Å². The van der Waals surface area contributed by atoms with Crippen molar-refractivity contribution in [2.45, 2.75) is 13.0 Å². The standard InChI is InChI=1S/C22H15N3O3/c1-13-8-9-16-14(12-13)20(26)18-19(15-6-2-4-10-23-15)25(22(27)21(18)28-16)17-7-3-5-11-24-17/h2-12,19H,1H3/t19-/m1/s1. The molecule has 0 N–H and O–H groups in total. The molecule has 5 rings (SSSR count). The number of anilines is 1. The molecule has 6 nitrogen and oxygen atoms in total. The number of pyridine rings is 2. The fourth-order valence-electron chi connectivity index (χ4n) is 3.64. The second kappa shape index (κ2) is 6.13. The van der Waals surface area contributed by atoms with Crippen molar-refractivity contribution in [3.05, 3.63) is 99.8 Å². The minimum absolute atomic E-state index is 0.0441. The van der Waals surface area contributed by atoms with Gasteiger partial charge in [-0.05, 0) is 43.3 Å². The van der Waals surface area contributed by atoms with E-state index >= 15 is 0 Å². The maximum absolute atomic E-state index is 13.4. The first-order valence-corrected chi connectivity index (χ1v) is 8.88. The summed E-state index contributed by atoms with van der Waals surface area (Å²) in [5.74, 6) is 0.0841. The van der Waals surface area contributed by atoms with Gasteiger partial charge in [0.05, 0.1) is 16.6 Å². The van der Waals surface area contributed by atoms with Gasteiger partial charge in [0, 0.05) is 12.4 Å². The monoisotopic (exact) mass is 369 g/mol. The fourth-order valence-corrected chi connectivity index (χ4v) is 3.64. The van der Waals surface area contributed by atoms with Crippen molar-refractivity contribution in [2.75, 3.05) is 4.90 Å². The van der Waals surface area contributed by atoms with E-state index in [9.17, 15) is 9.59 Å². The SMILES string of the molecule is Cc1ccc2oc3c(c(=O)c2c1)[C@@H](c1ccccn1)N(c1ccccn1)C3=O. The average Bonchev–Trinajstić information content (AvgIpc) is 3.03. The van der Waals surface area contributed by atoms with Crippen LogP contribution in [0.3, 0.4) is 0 Å². The molecule has 0 spiro atoms. The Hall–Kier alpha value is -3.80. The van der Waals surface area contributed by atoms with Crippen LogP contribution in [0, 0.1) is 6.92 Å². The van der Waals surface area contributed by atoms with Gasteiger partial charge in [-0.1, -0.05) is 23.8 Å². The molecule has 28 heavy (non-hydrogen) atoms. The highest BCUT2D eigenvalue weighted by Gasteiger charge is 2.44. The molecule has 0 saturated carbocycles. The Morgan fingerprint density at radius 2 is 1.75 bits per heavy atom. The van der Waals surface area contributed by atoms with Gasteiger partial charge in [0.2, 0.25) is 5.76 Å². The fraction of sp³-hybridized carbons (Fsp3) is 0.0909. The van der Waals surface area contributed by atoms with Crippen LogP contribution in [0.5, 0.6) is 0 Å². The lowest BCUT2D eigenvalue weighted by molar-refractivity contribution is 0.0970. The minimum Gasteiger partial charge on any atom is -0.450 e. The lowest BCUT2D eigenvalue weighted by Crippen LogP contribution is -2.30. The lowest BCUT2D eigenvalue weighted by atomic mass is 10.0. The van der Waals surface area contributed by atoms with Crippen molar-refractivity contribution in [3.63, 3.8) is 0 Å². The van der Waals surface area contributed by atoms with E-state index < -0.39 is 11.9 Å². The number of aromatic nitrogens is 2. The van der Waals surface area contributed by atoms with Gasteiger partial charge in [-0.3, -0.25) is 19.5 Å². The molecular weight excluding hydrogens is 354 g/mol. The number of fused-ring (bicyclic) bond motifs is 2. The smallest absolute Gasteiger partial charge is 0.296 e. The molecule has 4 heterocycles. The molecule has 0 bridgehead atoms. The molecule has 0 unspecified atom stereocenters. The molecule has 0 saturated heterocycles. The molecule has 0 radical (unpaired) electrons. The molecule has 1 aliphatic rings. The Morgan fingerprint density at radius 1 is 0.964 bits per heavy atom. The number of benzene rings is 1. The van der Waals surface area contributed by atoms with Crippen molar-refractivity contribution in [2.24, 2.45) is 0 Å². The predicted molar refractivity (Wildman–Crippen MR) is 104 cm³/mol. The predicted octanol–water partition coefficient (Wildman–Crippen LogP) is 3.64. The minimum atomic E-state index is -0.695. The summed E-state index contributed by atoms with van der Waals surface area (Å²) in [6.07, 6.45) is 3.25. The summed E-state index contributed by atoms with van der Waals surface area (Å²) in [7, 11) is 0. The Morgan fingerprint density at radius 3 is 2.46 bits per heavy atom. The Labute approximate surface area is 160 Å². The highest BCUT2D eigenvalue weighted by molar-refractivity contribution is 6.10. The number of amides is 1. The quantitative estimate of drug-likeness (QED) is 0.539. The summed E-state index contributed by atoms with van der Waals surface area (Å²) in [5.41, 5.74) is 2.00. The molecule has 1 amide bonds. The van der Waals surface area contributed by atoms with Gasteiger partial charge in [-0.2, -0.15) is 0 Å². The maximum atomic E-state index is 13.4. The van der Waals surface area contributed by atoms with Crippen LogP contribution in [-0.2, 0) is 0 Å². The van der Waals surface area contributed by atoms with Crippen LogP contribution in [0.1, 0.15) is 33.4 Å². The molecule has 1 aromatic carbocycles. The molecule has 136 valence electrons. The van der Waals surface area contributed by atoms with Gasteiger partial charge < -0.3 is 4.42 Å². The molecule has 1 atom stereocenters. The van der Waals surface area contributed by atoms with Crippen LogP contribution in [-0.4, -0.2) is 15.9 Å². The van der Waals surface area contributed by atoms with Crippen molar-refractivity contribution in [1.29, 1.82) is 0 Å². The van der Waals surface area contributed by atoms with E-state index in [0.29, 0.717) is 28.0 Å². The topological polar surface area (TPSA) is 76.3 Å². The summed E-state index contributed by atoms with van der Waals surface area (Å²) < 4.78 is 5.91. The largest absolute Gasteiger partial charge is 0.450 e. The Kier molecular flexibility index (Phi) is 3.58. The molecule has 6 heteroatoms. The van der Waals surface area contributed by atoms with Gasteiger partial charge in [-0.15, -0.1) is 0 Å². The van der Waals surface area contributed by atoms with Crippen molar-refractivity contribution in [3.8, 4) is 0 Å². The van der Waals surface area contributed by atoms with Crippen LogP contribution < -0.4 is 10.3 Å². The summed E-state index contributed by atoms with van der Waals surface area (Å²) in [6, 6.07) is 15.4. The summed E-state index contributed by atoms with van der Waals surface area (Å²) >= 11 is 0. The number of hydrogen-bond acceptors (Lipinski definition) is 5. The number of carbonyl (C=O) groups is 1. The third-order valence-electron chi connectivity index (χ3n) is 4.89. The Balaban J connectivity index is 1.84. The molecule has 0 fully saturated rings. The zero-order valence-corrected chi connectivity index (χ0v) is 15.0. The molecule has 1 aliphatic heterocycles. The van der Waals surface area contributed by atoms with E-state index in [1.54, 1.807) is 54.9 Å². The highest BCUT2D eigenvalue weighted by Crippen LogP contribution is 2.39. The van der Waals surface area contributed by atoms with Crippen LogP contribution in [0.4, 0.5) is 5.82 Å². The molecule has 3 aromatic heterocycles. The average molecular weight is 369 g/mol. The van der Waals surface area contributed by atoms with Gasteiger partial charge in [0.15, 0.2) is 5.43 Å². The number of rotatable bonds is 2. The first-order valence-electron chi connectivity index (χ1n) is 8.88. The van der Waals surface area contributed by atoms with Crippen molar-refractivity contribution >= 4 is 22.7 Å². The molecule has 4 aromatic rings. The molecular formula is C22H15N3O3. The van der Waals surface area contributed by atoms with E-state index in [1.807, 2.05) is 19.1 Å². The van der Waals surface area contributed by atoms with Crippen molar-refractivity contribution < 1.29 is 9.21 Å². The number of nitrogens with zero attached hydrogens (tertiary/aromatic N) is 3. The maximum Gasteiger partial charge on any atom is 0.296 e. The third kappa shape index (κ3) is 2.35. The normalized spacial score (nSPS) is 15.8.